The molecular formula is C24H24ClNO2. The highest BCUT2D eigenvalue weighted by Gasteiger charge is 2.07. The smallest absolute Gasteiger partial charge is 0.161 e. The Bertz CT molecular complexity index is 982. The fourth-order valence-corrected chi connectivity index (χ4v) is 3.00. The summed E-state index contributed by atoms with van der Waals surface area (Å²) < 4.78 is 11.7. The molecule has 28 heavy (non-hydrogen) atoms. The van der Waals surface area contributed by atoms with Crippen molar-refractivity contribution < 1.29 is 9.47 Å². The van der Waals surface area contributed by atoms with Crippen LogP contribution in [0.4, 0.5) is 5.69 Å². The van der Waals surface area contributed by atoms with Crippen LogP contribution in [0.15, 0.2) is 65.7 Å². The molecule has 0 saturated heterocycles. The zero-order chi connectivity index (χ0) is 19.9. The Balaban J connectivity index is 1.78. The molecule has 144 valence electrons. The van der Waals surface area contributed by atoms with Crippen LogP contribution in [0.2, 0.25) is 5.02 Å². The number of aryl methyl sites for hydroxylation is 2. The molecule has 3 aromatic carbocycles. The van der Waals surface area contributed by atoms with Gasteiger partial charge in [0.25, 0.3) is 0 Å². The number of aliphatic imine (C=N–C) groups is 1. The van der Waals surface area contributed by atoms with Crippen LogP contribution >= 0.6 is 11.6 Å². The molecule has 0 radical (unpaired) electrons. The predicted molar refractivity (Wildman–Crippen MR) is 117 cm³/mol. The van der Waals surface area contributed by atoms with Gasteiger partial charge in [0.15, 0.2) is 11.5 Å². The third-order valence-electron chi connectivity index (χ3n) is 4.27. The van der Waals surface area contributed by atoms with Crippen molar-refractivity contribution in [3.05, 3.63) is 87.9 Å². The van der Waals surface area contributed by atoms with E-state index in [-0.39, 0.29) is 0 Å². The largest absolute Gasteiger partial charge is 0.490 e. The van der Waals surface area contributed by atoms with Crippen LogP contribution < -0.4 is 9.47 Å². The first-order valence-electron chi connectivity index (χ1n) is 9.30. The second kappa shape index (κ2) is 9.43. The van der Waals surface area contributed by atoms with Crippen molar-refractivity contribution in [3.63, 3.8) is 0 Å². The van der Waals surface area contributed by atoms with Crippen molar-refractivity contribution in [1.29, 1.82) is 0 Å². The number of benzene rings is 3. The van der Waals surface area contributed by atoms with Gasteiger partial charge in [0, 0.05) is 11.2 Å². The van der Waals surface area contributed by atoms with Crippen LogP contribution in [0.25, 0.3) is 0 Å². The van der Waals surface area contributed by atoms with Crippen LogP contribution in [0.3, 0.4) is 0 Å². The molecule has 0 aromatic heterocycles. The summed E-state index contributed by atoms with van der Waals surface area (Å²) in [5, 5.41) is 0.698. The molecule has 0 heterocycles. The Kier molecular flexibility index (Phi) is 6.72. The second-order valence-corrected chi connectivity index (χ2v) is 7.04. The summed E-state index contributed by atoms with van der Waals surface area (Å²) in [7, 11) is 0. The molecule has 3 rings (SSSR count). The van der Waals surface area contributed by atoms with E-state index in [1.54, 1.807) is 0 Å². The summed E-state index contributed by atoms with van der Waals surface area (Å²) in [6, 6.07) is 19.7. The maximum atomic E-state index is 6.04. The van der Waals surface area contributed by atoms with E-state index in [0.717, 1.165) is 22.4 Å². The third-order valence-corrected chi connectivity index (χ3v) is 4.50. The third kappa shape index (κ3) is 5.37. The van der Waals surface area contributed by atoms with E-state index in [0.29, 0.717) is 29.7 Å². The van der Waals surface area contributed by atoms with Crippen molar-refractivity contribution in [3.8, 4) is 11.5 Å². The van der Waals surface area contributed by atoms with Gasteiger partial charge >= 0.3 is 0 Å². The number of ether oxygens (including phenoxy) is 2. The number of rotatable bonds is 7. The van der Waals surface area contributed by atoms with Gasteiger partial charge in [-0.25, -0.2) is 0 Å². The molecule has 0 saturated carbocycles. The maximum Gasteiger partial charge on any atom is 0.161 e. The summed E-state index contributed by atoms with van der Waals surface area (Å²) in [5.41, 5.74) is 5.28. The minimum absolute atomic E-state index is 0.427. The van der Waals surface area contributed by atoms with Crippen LogP contribution in [-0.2, 0) is 6.61 Å². The van der Waals surface area contributed by atoms with Crippen molar-refractivity contribution in [2.75, 3.05) is 6.61 Å². The van der Waals surface area contributed by atoms with Gasteiger partial charge in [-0.2, -0.15) is 0 Å². The van der Waals surface area contributed by atoms with Gasteiger partial charge in [0.2, 0.25) is 0 Å². The van der Waals surface area contributed by atoms with Gasteiger partial charge < -0.3 is 9.47 Å². The van der Waals surface area contributed by atoms with E-state index in [1.807, 2.05) is 55.6 Å². The number of hydrogen-bond acceptors (Lipinski definition) is 3. The summed E-state index contributed by atoms with van der Waals surface area (Å²) in [6.45, 7) is 7.07. The molecule has 4 heteroatoms. The Morgan fingerprint density at radius 1 is 0.929 bits per heavy atom. The van der Waals surface area contributed by atoms with Crippen LogP contribution in [0.1, 0.15) is 29.2 Å². The number of hydrogen-bond donors (Lipinski definition) is 0. The summed E-state index contributed by atoms with van der Waals surface area (Å²) in [6.07, 6.45) is 1.85. The Morgan fingerprint density at radius 2 is 1.79 bits per heavy atom. The fourth-order valence-electron chi connectivity index (χ4n) is 2.78. The van der Waals surface area contributed by atoms with E-state index in [9.17, 15) is 0 Å². The highest BCUT2D eigenvalue weighted by atomic mass is 35.5. The topological polar surface area (TPSA) is 30.8 Å². The van der Waals surface area contributed by atoms with Gasteiger partial charge in [-0.15, -0.1) is 0 Å². The lowest BCUT2D eigenvalue weighted by Crippen LogP contribution is -2.00. The van der Waals surface area contributed by atoms with E-state index >= 15 is 0 Å². The first kappa shape index (κ1) is 20.0. The quantitative estimate of drug-likeness (QED) is 0.419. The molecular weight excluding hydrogens is 370 g/mol. The monoisotopic (exact) mass is 393 g/mol. The van der Waals surface area contributed by atoms with Crippen molar-refractivity contribution in [1.82, 2.24) is 0 Å². The van der Waals surface area contributed by atoms with Gasteiger partial charge in [-0.05, 0) is 79.4 Å². The minimum Gasteiger partial charge on any atom is -0.490 e. The van der Waals surface area contributed by atoms with Gasteiger partial charge in [0.05, 0.1) is 12.3 Å². The average Bonchev–Trinajstić information content (AvgIpc) is 2.68. The van der Waals surface area contributed by atoms with E-state index in [4.69, 9.17) is 21.1 Å². The predicted octanol–water partition coefficient (Wildman–Crippen LogP) is 6.69. The summed E-state index contributed by atoms with van der Waals surface area (Å²) in [4.78, 5) is 4.63. The SMILES string of the molecule is CCOc1cc(C=Nc2cc(C)ccc2C)ccc1OCc1cccc(Cl)c1. The van der Waals surface area contributed by atoms with Crippen molar-refractivity contribution >= 4 is 23.5 Å². The standard InChI is InChI=1S/C24H24ClNO2/c1-4-27-24-14-19(15-26-22-12-17(2)8-9-18(22)3)10-11-23(24)28-16-20-6-5-7-21(25)13-20/h5-15H,4,16H2,1-3H3. The molecule has 3 aromatic rings. The highest BCUT2D eigenvalue weighted by Crippen LogP contribution is 2.29. The minimum atomic E-state index is 0.427. The molecule has 0 unspecified atom stereocenters. The molecule has 0 N–H and O–H groups in total. The first-order valence-corrected chi connectivity index (χ1v) is 9.68. The average molecular weight is 394 g/mol. The summed E-state index contributed by atoms with van der Waals surface area (Å²) >= 11 is 6.04. The molecule has 0 bridgehead atoms. The molecule has 0 amide bonds. The van der Waals surface area contributed by atoms with Crippen molar-refractivity contribution in [2.24, 2.45) is 4.99 Å². The molecule has 0 aliphatic heterocycles. The lowest BCUT2D eigenvalue weighted by molar-refractivity contribution is 0.269. The summed E-state index contributed by atoms with van der Waals surface area (Å²) in [5.74, 6) is 1.40. The van der Waals surface area contributed by atoms with E-state index in [1.165, 1.54) is 5.56 Å². The van der Waals surface area contributed by atoms with Crippen LogP contribution in [0.5, 0.6) is 11.5 Å². The number of halogens is 1. The lowest BCUT2D eigenvalue weighted by atomic mass is 10.1. The van der Waals surface area contributed by atoms with Crippen LogP contribution in [0, 0.1) is 13.8 Å². The number of nitrogens with zero attached hydrogens (tertiary/aromatic N) is 1. The lowest BCUT2D eigenvalue weighted by Gasteiger charge is -2.13. The Morgan fingerprint density at radius 3 is 2.57 bits per heavy atom. The normalized spacial score (nSPS) is 11.0. The second-order valence-electron chi connectivity index (χ2n) is 6.61. The van der Waals surface area contributed by atoms with E-state index in [2.05, 4.69) is 37.0 Å². The van der Waals surface area contributed by atoms with Gasteiger partial charge in [-0.1, -0.05) is 35.9 Å². The molecule has 0 fully saturated rings. The maximum absolute atomic E-state index is 6.04. The van der Waals surface area contributed by atoms with Crippen LogP contribution in [-0.4, -0.2) is 12.8 Å². The Hall–Kier alpha value is -2.78. The zero-order valence-corrected chi connectivity index (χ0v) is 17.2. The molecule has 3 nitrogen and oxygen atoms in total. The van der Waals surface area contributed by atoms with Gasteiger partial charge in [-0.3, -0.25) is 4.99 Å². The molecule has 0 aliphatic carbocycles. The molecule has 0 spiro atoms. The van der Waals surface area contributed by atoms with Gasteiger partial charge in [0.1, 0.15) is 6.61 Å². The first-order chi connectivity index (χ1) is 13.5. The highest BCUT2D eigenvalue weighted by molar-refractivity contribution is 6.30. The Labute approximate surface area is 171 Å². The zero-order valence-electron chi connectivity index (χ0n) is 16.4. The molecule has 0 atom stereocenters. The molecule has 0 aliphatic rings. The van der Waals surface area contributed by atoms with Crippen molar-refractivity contribution in [2.45, 2.75) is 27.4 Å². The van der Waals surface area contributed by atoms with E-state index < -0.39 is 0 Å². The fraction of sp³-hybridized carbons (Fsp3) is 0.208.